The van der Waals surface area contributed by atoms with Crippen LogP contribution in [0, 0.1) is 13.8 Å². The molecule has 0 heterocycles. The number of hydrogen-bond acceptors (Lipinski definition) is 2. The summed E-state index contributed by atoms with van der Waals surface area (Å²) in [7, 11) is 0. The van der Waals surface area contributed by atoms with Crippen LogP contribution >= 0.6 is 0 Å². The maximum Gasteiger partial charge on any atom is 0.125 e. The Hall–Kier alpha value is -1.80. The summed E-state index contributed by atoms with van der Waals surface area (Å²) in [5, 5.41) is 10.2. The molecule has 0 saturated carbocycles. The molecule has 0 aliphatic rings. The van der Waals surface area contributed by atoms with Crippen LogP contribution in [-0.2, 0) is 6.42 Å². The third-order valence-corrected chi connectivity index (χ3v) is 3.57. The lowest BCUT2D eigenvalue weighted by Crippen LogP contribution is -2.11. The van der Waals surface area contributed by atoms with Gasteiger partial charge in [0, 0.05) is 0 Å². The summed E-state index contributed by atoms with van der Waals surface area (Å²) in [6, 6.07) is 14.1. The van der Waals surface area contributed by atoms with Crippen LogP contribution in [0.25, 0.3) is 0 Å². The lowest BCUT2D eigenvalue weighted by Gasteiger charge is -2.16. The average Bonchev–Trinajstić information content (AvgIpc) is 2.46. The zero-order valence-corrected chi connectivity index (χ0v) is 12.4. The topological polar surface area (TPSA) is 29.5 Å². The number of para-hydroxylation sites is 1. The normalized spacial score (nSPS) is 12.2. The van der Waals surface area contributed by atoms with Gasteiger partial charge in [-0.05, 0) is 42.5 Å². The molecule has 0 aliphatic carbocycles. The minimum absolute atomic E-state index is 0.275. The summed E-state index contributed by atoms with van der Waals surface area (Å²) in [6.07, 6.45) is 0.412. The first-order valence-electron chi connectivity index (χ1n) is 7.07. The van der Waals surface area contributed by atoms with E-state index in [1.54, 1.807) is 0 Å². The number of ether oxygens (including phenoxy) is 1. The second-order valence-corrected chi connectivity index (χ2v) is 5.14. The molecule has 106 valence electrons. The minimum atomic E-state index is -0.597. The second-order valence-electron chi connectivity index (χ2n) is 5.14. The van der Waals surface area contributed by atoms with Gasteiger partial charge in [-0.25, -0.2) is 0 Å². The van der Waals surface area contributed by atoms with Crippen molar-refractivity contribution in [3.63, 3.8) is 0 Å². The number of hydrogen-bond donors (Lipinski definition) is 1. The minimum Gasteiger partial charge on any atom is -0.490 e. The fourth-order valence-corrected chi connectivity index (χ4v) is 2.26. The van der Waals surface area contributed by atoms with Gasteiger partial charge < -0.3 is 9.84 Å². The number of aliphatic hydroxyl groups excluding tert-OH is 1. The fraction of sp³-hybridized carbons (Fsp3) is 0.333. The molecule has 0 saturated heterocycles. The standard InChI is InChI=1S/C18H22O2/c1-4-15-8-10-16(11-9-15)17(19)12-20-18-13(2)6-5-7-14(18)3/h5-11,17,19H,4,12H2,1-3H3. The molecule has 1 unspecified atom stereocenters. The van der Waals surface area contributed by atoms with Crippen molar-refractivity contribution in [2.75, 3.05) is 6.61 Å². The molecule has 0 fully saturated rings. The Morgan fingerprint density at radius 2 is 1.60 bits per heavy atom. The third kappa shape index (κ3) is 3.40. The van der Waals surface area contributed by atoms with Crippen LogP contribution in [0.2, 0.25) is 0 Å². The number of aliphatic hydroxyl groups is 1. The van der Waals surface area contributed by atoms with E-state index < -0.39 is 6.10 Å². The van der Waals surface area contributed by atoms with E-state index >= 15 is 0 Å². The van der Waals surface area contributed by atoms with Gasteiger partial charge in [-0.15, -0.1) is 0 Å². The van der Waals surface area contributed by atoms with E-state index in [2.05, 4.69) is 19.1 Å². The molecule has 2 aromatic carbocycles. The summed E-state index contributed by atoms with van der Waals surface area (Å²) in [4.78, 5) is 0. The predicted molar refractivity (Wildman–Crippen MR) is 82.2 cm³/mol. The molecule has 2 rings (SSSR count). The molecule has 1 N–H and O–H groups in total. The van der Waals surface area contributed by atoms with Crippen molar-refractivity contribution < 1.29 is 9.84 Å². The van der Waals surface area contributed by atoms with Gasteiger partial charge in [-0.2, -0.15) is 0 Å². The summed E-state index contributed by atoms with van der Waals surface area (Å²) < 4.78 is 5.79. The van der Waals surface area contributed by atoms with Gasteiger partial charge in [0.15, 0.2) is 0 Å². The highest BCUT2D eigenvalue weighted by atomic mass is 16.5. The van der Waals surface area contributed by atoms with Crippen LogP contribution in [0.5, 0.6) is 5.75 Å². The zero-order valence-electron chi connectivity index (χ0n) is 12.4. The van der Waals surface area contributed by atoms with Crippen LogP contribution in [-0.4, -0.2) is 11.7 Å². The van der Waals surface area contributed by atoms with E-state index in [1.807, 2.05) is 44.2 Å². The Morgan fingerprint density at radius 3 is 2.15 bits per heavy atom. The van der Waals surface area contributed by atoms with Crippen molar-refractivity contribution in [1.82, 2.24) is 0 Å². The molecule has 2 aromatic rings. The Balaban J connectivity index is 2.02. The second kappa shape index (κ2) is 6.58. The summed E-state index contributed by atoms with van der Waals surface area (Å²) in [6.45, 7) is 6.43. The summed E-state index contributed by atoms with van der Waals surface area (Å²) in [5.74, 6) is 0.872. The van der Waals surface area contributed by atoms with Crippen molar-refractivity contribution in [3.8, 4) is 5.75 Å². The smallest absolute Gasteiger partial charge is 0.125 e. The molecule has 2 nitrogen and oxygen atoms in total. The van der Waals surface area contributed by atoms with Crippen LogP contribution in [0.15, 0.2) is 42.5 Å². The first-order chi connectivity index (χ1) is 9.61. The van der Waals surface area contributed by atoms with E-state index in [0.29, 0.717) is 0 Å². The van der Waals surface area contributed by atoms with Gasteiger partial charge in [0.2, 0.25) is 0 Å². The summed E-state index contributed by atoms with van der Waals surface area (Å²) in [5.41, 5.74) is 4.36. The number of rotatable bonds is 5. The third-order valence-electron chi connectivity index (χ3n) is 3.57. The highest BCUT2D eigenvalue weighted by Gasteiger charge is 2.10. The van der Waals surface area contributed by atoms with Crippen molar-refractivity contribution in [2.45, 2.75) is 33.3 Å². The molecule has 2 heteroatoms. The van der Waals surface area contributed by atoms with E-state index in [0.717, 1.165) is 28.9 Å². The Bertz CT molecular complexity index is 538. The Kier molecular flexibility index (Phi) is 4.80. The van der Waals surface area contributed by atoms with E-state index in [1.165, 1.54) is 5.56 Å². The fourth-order valence-electron chi connectivity index (χ4n) is 2.26. The van der Waals surface area contributed by atoms with Crippen LogP contribution in [0.3, 0.4) is 0 Å². The molecule has 20 heavy (non-hydrogen) atoms. The van der Waals surface area contributed by atoms with Crippen molar-refractivity contribution in [1.29, 1.82) is 0 Å². The van der Waals surface area contributed by atoms with Crippen molar-refractivity contribution >= 4 is 0 Å². The Labute approximate surface area is 121 Å². The lowest BCUT2D eigenvalue weighted by atomic mass is 10.1. The number of benzene rings is 2. The van der Waals surface area contributed by atoms with Gasteiger partial charge in [-0.3, -0.25) is 0 Å². The first-order valence-corrected chi connectivity index (χ1v) is 7.07. The molecule has 0 bridgehead atoms. The van der Waals surface area contributed by atoms with E-state index in [9.17, 15) is 5.11 Å². The van der Waals surface area contributed by atoms with Gasteiger partial charge in [0.05, 0.1) is 0 Å². The van der Waals surface area contributed by atoms with Crippen LogP contribution in [0.4, 0.5) is 0 Å². The molecule has 0 aliphatic heterocycles. The monoisotopic (exact) mass is 270 g/mol. The molecular weight excluding hydrogens is 248 g/mol. The maximum absolute atomic E-state index is 10.2. The molecule has 0 radical (unpaired) electrons. The van der Waals surface area contributed by atoms with E-state index in [-0.39, 0.29) is 6.61 Å². The largest absolute Gasteiger partial charge is 0.490 e. The van der Waals surface area contributed by atoms with Gasteiger partial charge in [-0.1, -0.05) is 49.4 Å². The highest BCUT2D eigenvalue weighted by molar-refractivity contribution is 5.39. The van der Waals surface area contributed by atoms with Crippen molar-refractivity contribution in [3.05, 3.63) is 64.7 Å². The molecule has 0 aromatic heterocycles. The van der Waals surface area contributed by atoms with E-state index in [4.69, 9.17) is 4.74 Å². The molecular formula is C18H22O2. The first kappa shape index (κ1) is 14.6. The van der Waals surface area contributed by atoms with Gasteiger partial charge in [0.25, 0.3) is 0 Å². The lowest BCUT2D eigenvalue weighted by molar-refractivity contribution is 0.107. The summed E-state index contributed by atoms with van der Waals surface area (Å²) >= 11 is 0. The van der Waals surface area contributed by atoms with Crippen LogP contribution < -0.4 is 4.74 Å². The van der Waals surface area contributed by atoms with Gasteiger partial charge in [0.1, 0.15) is 18.5 Å². The maximum atomic E-state index is 10.2. The SMILES string of the molecule is CCc1ccc(C(O)COc2c(C)cccc2C)cc1. The molecule has 1 atom stereocenters. The number of aryl methyl sites for hydroxylation is 3. The predicted octanol–water partition coefficient (Wildman–Crippen LogP) is 3.98. The highest BCUT2D eigenvalue weighted by Crippen LogP contribution is 2.24. The van der Waals surface area contributed by atoms with Crippen molar-refractivity contribution in [2.24, 2.45) is 0 Å². The molecule has 0 spiro atoms. The average molecular weight is 270 g/mol. The quantitative estimate of drug-likeness (QED) is 0.890. The zero-order chi connectivity index (χ0) is 14.5. The van der Waals surface area contributed by atoms with Gasteiger partial charge >= 0.3 is 0 Å². The molecule has 0 amide bonds. The van der Waals surface area contributed by atoms with Crippen LogP contribution in [0.1, 0.15) is 35.3 Å². The Morgan fingerprint density at radius 1 is 1.00 bits per heavy atom.